The van der Waals surface area contributed by atoms with Crippen molar-refractivity contribution in [3.63, 3.8) is 0 Å². The van der Waals surface area contributed by atoms with Gasteiger partial charge in [0, 0.05) is 11.4 Å². The molecule has 0 aliphatic heterocycles. The van der Waals surface area contributed by atoms with E-state index in [1.54, 1.807) is 0 Å². The Morgan fingerprint density at radius 1 is 1.08 bits per heavy atom. The molecule has 0 saturated heterocycles. The lowest BCUT2D eigenvalue weighted by atomic mass is 10.00. The summed E-state index contributed by atoms with van der Waals surface area (Å²) >= 11 is 1.36. The number of nitrogens with one attached hydrogen (secondary N) is 1. The minimum absolute atomic E-state index is 0.0202. The number of benzene rings is 2. The molecule has 3 aromatic rings. The first-order valence-electron chi connectivity index (χ1n) is 8.25. The largest absolute Gasteiger partial charge is 0.349 e. The van der Waals surface area contributed by atoms with E-state index in [4.69, 9.17) is 0 Å². The Hall–Kier alpha value is -2.40. The molecule has 128 valence electrons. The molecule has 3 rings (SSSR count). The maximum absolute atomic E-state index is 12.3. The molecular formula is C20H21N3OS. The lowest BCUT2D eigenvalue weighted by molar-refractivity contribution is -0.119. The highest BCUT2D eigenvalue weighted by Gasteiger charge is 2.13. The van der Waals surface area contributed by atoms with E-state index in [1.165, 1.54) is 22.5 Å². The van der Waals surface area contributed by atoms with Gasteiger partial charge in [-0.3, -0.25) is 4.79 Å². The summed E-state index contributed by atoms with van der Waals surface area (Å²) < 4.78 is 0. The summed E-state index contributed by atoms with van der Waals surface area (Å²) in [6.07, 6.45) is 0. The van der Waals surface area contributed by atoms with E-state index >= 15 is 0 Å². The highest BCUT2D eigenvalue weighted by molar-refractivity contribution is 7.99. The first-order chi connectivity index (χ1) is 12.0. The van der Waals surface area contributed by atoms with E-state index in [0.717, 1.165) is 17.0 Å². The van der Waals surface area contributed by atoms with E-state index in [2.05, 4.69) is 39.6 Å². The van der Waals surface area contributed by atoms with Crippen LogP contribution in [0.1, 0.15) is 29.9 Å². The summed E-state index contributed by atoms with van der Waals surface area (Å²) in [5, 5.41) is 6.07. The minimum Gasteiger partial charge on any atom is -0.349 e. The predicted octanol–water partition coefficient (Wildman–Crippen LogP) is 4.22. The zero-order valence-electron chi connectivity index (χ0n) is 14.6. The summed E-state index contributed by atoms with van der Waals surface area (Å²) in [6.45, 7) is 5.88. The highest BCUT2D eigenvalue weighted by Crippen LogP contribution is 2.24. The molecule has 0 aliphatic rings. The molecule has 5 heteroatoms. The molecule has 1 N–H and O–H groups in total. The first-order valence-corrected chi connectivity index (χ1v) is 9.23. The van der Waals surface area contributed by atoms with Crippen LogP contribution in [-0.4, -0.2) is 21.6 Å². The maximum atomic E-state index is 12.3. The maximum Gasteiger partial charge on any atom is 0.230 e. The van der Waals surface area contributed by atoms with E-state index in [0.29, 0.717) is 10.9 Å². The molecule has 1 atom stereocenters. The Morgan fingerprint density at radius 2 is 1.76 bits per heavy atom. The van der Waals surface area contributed by atoms with Gasteiger partial charge in [0.25, 0.3) is 0 Å². The number of carbonyl (C=O) groups excluding carboxylic acids is 1. The van der Waals surface area contributed by atoms with Crippen LogP contribution in [-0.2, 0) is 4.79 Å². The fourth-order valence-corrected chi connectivity index (χ4v) is 3.64. The normalized spacial score (nSPS) is 12.1. The Bertz CT molecular complexity index is 885. The minimum atomic E-state index is -0.0561. The second-order valence-electron chi connectivity index (χ2n) is 6.08. The molecular weight excluding hydrogens is 330 g/mol. The van der Waals surface area contributed by atoms with Gasteiger partial charge < -0.3 is 5.32 Å². The quantitative estimate of drug-likeness (QED) is 0.552. The molecule has 0 spiro atoms. The summed E-state index contributed by atoms with van der Waals surface area (Å²) in [5.74, 6) is 0.283. The van der Waals surface area contributed by atoms with E-state index in [-0.39, 0.29) is 11.9 Å². The number of carbonyl (C=O) groups is 1. The molecule has 0 saturated carbocycles. The van der Waals surface area contributed by atoms with Crippen LogP contribution in [0.3, 0.4) is 0 Å². The third kappa shape index (κ3) is 4.37. The predicted molar refractivity (Wildman–Crippen MR) is 103 cm³/mol. The monoisotopic (exact) mass is 351 g/mol. The highest BCUT2D eigenvalue weighted by atomic mass is 32.2. The number of hydrogen-bond acceptors (Lipinski definition) is 4. The van der Waals surface area contributed by atoms with Gasteiger partial charge >= 0.3 is 0 Å². The van der Waals surface area contributed by atoms with Gasteiger partial charge in [0.1, 0.15) is 0 Å². The average molecular weight is 351 g/mol. The molecule has 1 heterocycles. The van der Waals surface area contributed by atoms with Crippen molar-refractivity contribution < 1.29 is 4.79 Å². The lowest BCUT2D eigenvalue weighted by Crippen LogP contribution is -2.28. The summed E-state index contributed by atoms with van der Waals surface area (Å²) in [4.78, 5) is 21.0. The van der Waals surface area contributed by atoms with Crippen LogP contribution in [0, 0.1) is 13.8 Å². The van der Waals surface area contributed by atoms with Crippen molar-refractivity contribution in [2.75, 3.05) is 5.75 Å². The Morgan fingerprint density at radius 3 is 2.52 bits per heavy atom. The smallest absolute Gasteiger partial charge is 0.230 e. The molecule has 1 aromatic heterocycles. The zero-order chi connectivity index (χ0) is 17.8. The molecule has 4 nitrogen and oxygen atoms in total. The fraction of sp³-hybridized carbons (Fsp3) is 0.250. The SMILES string of the molecule is Cc1cc(C)nc(SCC(=O)NC(C)c2cccc3ccccc23)n1. The number of nitrogens with zero attached hydrogens (tertiary/aromatic N) is 2. The van der Waals surface area contributed by atoms with Crippen LogP contribution in [0.15, 0.2) is 53.7 Å². The number of aromatic nitrogens is 2. The number of aryl methyl sites for hydroxylation is 2. The van der Waals surface area contributed by atoms with Crippen molar-refractivity contribution in [2.45, 2.75) is 32.0 Å². The van der Waals surface area contributed by atoms with Crippen LogP contribution in [0.5, 0.6) is 0 Å². The number of rotatable bonds is 5. The molecule has 2 aromatic carbocycles. The third-order valence-electron chi connectivity index (χ3n) is 3.96. The van der Waals surface area contributed by atoms with E-state index in [9.17, 15) is 4.79 Å². The molecule has 0 bridgehead atoms. The van der Waals surface area contributed by atoms with Gasteiger partial charge in [-0.05, 0) is 43.2 Å². The van der Waals surface area contributed by atoms with Crippen molar-refractivity contribution in [3.05, 3.63) is 65.5 Å². The number of fused-ring (bicyclic) bond motifs is 1. The molecule has 0 aliphatic carbocycles. The van der Waals surface area contributed by atoms with Crippen LogP contribution in [0.4, 0.5) is 0 Å². The second kappa shape index (κ2) is 7.66. The summed E-state index contributed by atoms with van der Waals surface area (Å²) in [6, 6.07) is 16.3. The lowest BCUT2D eigenvalue weighted by Gasteiger charge is -2.16. The van der Waals surface area contributed by atoms with Crippen LogP contribution >= 0.6 is 11.8 Å². The molecule has 1 unspecified atom stereocenters. The van der Waals surface area contributed by atoms with Crippen molar-refractivity contribution in [3.8, 4) is 0 Å². The number of hydrogen-bond donors (Lipinski definition) is 1. The van der Waals surface area contributed by atoms with Crippen LogP contribution < -0.4 is 5.32 Å². The van der Waals surface area contributed by atoms with Gasteiger partial charge in [-0.15, -0.1) is 0 Å². The standard InChI is InChI=1S/C20H21N3OS/c1-13-11-14(2)22-20(21-13)25-12-19(24)23-15(3)17-10-6-8-16-7-4-5-9-18(16)17/h4-11,15H,12H2,1-3H3,(H,23,24). The molecule has 25 heavy (non-hydrogen) atoms. The molecule has 0 radical (unpaired) electrons. The van der Waals surface area contributed by atoms with Crippen LogP contribution in [0.25, 0.3) is 10.8 Å². The molecule has 1 amide bonds. The van der Waals surface area contributed by atoms with Crippen molar-refractivity contribution in [1.82, 2.24) is 15.3 Å². The van der Waals surface area contributed by atoms with E-state index in [1.807, 2.05) is 45.0 Å². The number of thioether (sulfide) groups is 1. The molecule has 0 fully saturated rings. The second-order valence-corrected chi connectivity index (χ2v) is 7.02. The Balaban J connectivity index is 1.66. The Labute approximate surface area is 152 Å². The van der Waals surface area contributed by atoms with Crippen molar-refractivity contribution in [1.29, 1.82) is 0 Å². The van der Waals surface area contributed by atoms with Gasteiger partial charge in [-0.1, -0.05) is 54.2 Å². The zero-order valence-corrected chi connectivity index (χ0v) is 15.4. The topological polar surface area (TPSA) is 54.9 Å². The summed E-state index contributed by atoms with van der Waals surface area (Å²) in [5.41, 5.74) is 2.96. The van der Waals surface area contributed by atoms with Gasteiger partial charge in [-0.25, -0.2) is 9.97 Å². The van der Waals surface area contributed by atoms with E-state index < -0.39 is 0 Å². The van der Waals surface area contributed by atoms with Gasteiger partial charge in [0.15, 0.2) is 5.16 Å². The van der Waals surface area contributed by atoms with Crippen molar-refractivity contribution in [2.24, 2.45) is 0 Å². The third-order valence-corrected chi connectivity index (χ3v) is 4.81. The van der Waals surface area contributed by atoms with Crippen LogP contribution in [0.2, 0.25) is 0 Å². The Kier molecular flexibility index (Phi) is 5.34. The first kappa shape index (κ1) is 17.4. The fourth-order valence-electron chi connectivity index (χ4n) is 2.88. The van der Waals surface area contributed by atoms with Gasteiger partial charge in [-0.2, -0.15) is 0 Å². The average Bonchev–Trinajstić information content (AvgIpc) is 2.58. The van der Waals surface area contributed by atoms with Gasteiger partial charge in [0.2, 0.25) is 5.91 Å². The summed E-state index contributed by atoms with van der Waals surface area (Å²) in [7, 11) is 0. The van der Waals surface area contributed by atoms with Gasteiger partial charge in [0.05, 0.1) is 11.8 Å². The number of amides is 1. The van der Waals surface area contributed by atoms with Crippen molar-refractivity contribution >= 4 is 28.4 Å².